The molecule has 142 valence electrons. The number of aliphatic hydroxyl groups is 1. The van der Waals surface area contributed by atoms with Gasteiger partial charge in [0.05, 0.1) is 34.6 Å². The van der Waals surface area contributed by atoms with Crippen molar-refractivity contribution in [1.29, 1.82) is 0 Å². The highest BCUT2D eigenvalue weighted by Crippen LogP contribution is 2.36. The molecule has 5 nitrogen and oxygen atoms in total. The van der Waals surface area contributed by atoms with Crippen LogP contribution in [0.4, 0.5) is 5.69 Å². The van der Waals surface area contributed by atoms with Crippen LogP contribution in [0.25, 0.3) is 16.9 Å². The van der Waals surface area contributed by atoms with Crippen LogP contribution in [-0.4, -0.2) is 34.7 Å². The molecule has 0 spiro atoms. The van der Waals surface area contributed by atoms with Gasteiger partial charge in [-0.1, -0.05) is 18.5 Å². The van der Waals surface area contributed by atoms with Crippen molar-refractivity contribution in [3.8, 4) is 17.0 Å². The minimum atomic E-state index is -0.114. The fourth-order valence-electron chi connectivity index (χ4n) is 3.64. The lowest BCUT2D eigenvalue weighted by molar-refractivity contribution is 0.281. The summed E-state index contributed by atoms with van der Waals surface area (Å²) in [7, 11) is 1.56. The standard InChI is InChI=1S/C20H21BrClN3O2/c1-12-3-4-24(8-12)18-7-20-23-17(10-25(20)9-15(18)21)14-6-16(22)19(27-2)5-13(14)11-26/h5-7,9-10,12,26H,3-4,8,11H2,1-2H3/t12-/m0/s1. The first-order valence-corrected chi connectivity index (χ1v) is 10.1. The van der Waals surface area contributed by atoms with E-state index in [0.717, 1.165) is 40.0 Å². The summed E-state index contributed by atoms with van der Waals surface area (Å²) in [5, 5.41) is 10.3. The maximum Gasteiger partial charge on any atom is 0.139 e. The summed E-state index contributed by atoms with van der Waals surface area (Å²) in [5.41, 5.74) is 4.33. The van der Waals surface area contributed by atoms with Crippen molar-refractivity contribution < 1.29 is 9.84 Å². The number of fused-ring (bicyclic) bond motifs is 1. The second-order valence-electron chi connectivity index (χ2n) is 7.04. The lowest BCUT2D eigenvalue weighted by Gasteiger charge is -2.19. The minimum absolute atomic E-state index is 0.114. The van der Waals surface area contributed by atoms with Gasteiger partial charge < -0.3 is 19.1 Å². The van der Waals surface area contributed by atoms with Gasteiger partial charge in [-0.05, 0) is 46.0 Å². The van der Waals surface area contributed by atoms with Crippen LogP contribution in [0.5, 0.6) is 5.75 Å². The number of methoxy groups -OCH3 is 1. The Morgan fingerprint density at radius 1 is 1.33 bits per heavy atom. The third-order valence-electron chi connectivity index (χ3n) is 5.11. The number of anilines is 1. The van der Waals surface area contributed by atoms with Crippen molar-refractivity contribution in [2.24, 2.45) is 5.92 Å². The zero-order chi connectivity index (χ0) is 19.1. The molecule has 27 heavy (non-hydrogen) atoms. The summed E-state index contributed by atoms with van der Waals surface area (Å²) in [4.78, 5) is 7.18. The van der Waals surface area contributed by atoms with Crippen LogP contribution in [0.1, 0.15) is 18.9 Å². The van der Waals surface area contributed by atoms with E-state index in [-0.39, 0.29) is 6.61 Å². The first kappa shape index (κ1) is 18.6. The van der Waals surface area contributed by atoms with E-state index in [0.29, 0.717) is 16.7 Å². The fraction of sp³-hybridized carbons (Fsp3) is 0.350. The Bertz CT molecular complexity index is 1000. The molecule has 3 heterocycles. The summed E-state index contributed by atoms with van der Waals surface area (Å²) in [6.07, 6.45) is 5.20. The van der Waals surface area contributed by atoms with Crippen LogP contribution in [0.15, 0.2) is 35.1 Å². The van der Waals surface area contributed by atoms with Gasteiger partial charge in [0.25, 0.3) is 0 Å². The number of ether oxygens (including phenoxy) is 1. The van der Waals surface area contributed by atoms with Gasteiger partial charge in [0, 0.05) is 37.1 Å². The average Bonchev–Trinajstić information content (AvgIpc) is 3.26. The number of benzene rings is 1. The maximum atomic E-state index is 9.77. The Balaban J connectivity index is 1.79. The predicted octanol–water partition coefficient (Wildman–Crippen LogP) is 4.76. The maximum absolute atomic E-state index is 9.77. The number of nitrogens with zero attached hydrogens (tertiary/aromatic N) is 3. The summed E-state index contributed by atoms with van der Waals surface area (Å²) >= 11 is 10.0. The number of aromatic nitrogens is 2. The van der Waals surface area contributed by atoms with E-state index in [1.54, 1.807) is 19.2 Å². The number of rotatable bonds is 4. The van der Waals surface area contributed by atoms with E-state index >= 15 is 0 Å². The summed E-state index contributed by atoms with van der Waals surface area (Å²) < 4.78 is 8.29. The largest absolute Gasteiger partial charge is 0.495 e. The third kappa shape index (κ3) is 3.42. The SMILES string of the molecule is COc1cc(CO)c(-c2cn3cc(Br)c(N4CC[C@H](C)C4)cc3n2)cc1Cl. The number of hydrogen-bond acceptors (Lipinski definition) is 4. The molecule has 0 unspecified atom stereocenters. The molecule has 1 fully saturated rings. The van der Waals surface area contributed by atoms with Crippen LogP contribution in [0, 0.1) is 5.92 Å². The highest BCUT2D eigenvalue weighted by Gasteiger charge is 2.22. The molecule has 0 bridgehead atoms. The van der Waals surface area contributed by atoms with Gasteiger partial charge in [0.1, 0.15) is 11.4 Å². The number of imidazole rings is 1. The van der Waals surface area contributed by atoms with Gasteiger partial charge in [-0.3, -0.25) is 0 Å². The normalized spacial score (nSPS) is 17.1. The first-order valence-electron chi connectivity index (χ1n) is 8.91. The molecule has 1 aliphatic rings. The van der Waals surface area contributed by atoms with Crippen molar-refractivity contribution in [3.05, 3.63) is 45.7 Å². The molecular weight excluding hydrogens is 430 g/mol. The van der Waals surface area contributed by atoms with E-state index < -0.39 is 0 Å². The second kappa shape index (κ2) is 7.34. The number of hydrogen-bond donors (Lipinski definition) is 1. The molecule has 1 atom stereocenters. The van der Waals surface area contributed by atoms with Crippen molar-refractivity contribution in [2.75, 3.05) is 25.1 Å². The van der Waals surface area contributed by atoms with Crippen LogP contribution < -0.4 is 9.64 Å². The zero-order valence-corrected chi connectivity index (χ0v) is 17.6. The smallest absolute Gasteiger partial charge is 0.139 e. The molecule has 2 aromatic heterocycles. The van der Waals surface area contributed by atoms with Gasteiger partial charge in [0.15, 0.2) is 0 Å². The highest BCUT2D eigenvalue weighted by atomic mass is 79.9. The number of halogens is 2. The summed E-state index contributed by atoms with van der Waals surface area (Å²) in [6, 6.07) is 5.66. The molecule has 0 radical (unpaired) electrons. The van der Waals surface area contributed by atoms with Crippen LogP contribution >= 0.6 is 27.5 Å². The molecule has 4 rings (SSSR count). The quantitative estimate of drug-likeness (QED) is 0.622. The first-order chi connectivity index (χ1) is 13.0. The molecule has 7 heteroatoms. The van der Waals surface area contributed by atoms with Gasteiger partial charge in [-0.25, -0.2) is 4.98 Å². The molecule has 0 aliphatic carbocycles. The van der Waals surface area contributed by atoms with E-state index in [1.165, 1.54) is 12.1 Å². The Morgan fingerprint density at radius 2 is 2.15 bits per heavy atom. The van der Waals surface area contributed by atoms with Gasteiger partial charge in [-0.15, -0.1) is 0 Å². The van der Waals surface area contributed by atoms with E-state index in [1.807, 2.05) is 16.8 Å². The predicted molar refractivity (Wildman–Crippen MR) is 112 cm³/mol. The number of pyridine rings is 1. The molecule has 1 aromatic carbocycles. The van der Waals surface area contributed by atoms with Gasteiger partial charge in [0.2, 0.25) is 0 Å². The van der Waals surface area contributed by atoms with Crippen LogP contribution in [0.2, 0.25) is 5.02 Å². The molecule has 0 amide bonds. The van der Waals surface area contributed by atoms with Gasteiger partial charge in [-0.2, -0.15) is 0 Å². The minimum Gasteiger partial charge on any atom is -0.495 e. The second-order valence-corrected chi connectivity index (χ2v) is 8.30. The molecule has 3 aromatic rings. The Kier molecular flexibility index (Phi) is 5.05. The summed E-state index contributed by atoms with van der Waals surface area (Å²) in [6.45, 7) is 4.29. The molecule has 1 aliphatic heterocycles. The van der Waals surface area contributed by atoms with Crippen molar-refractivity contribution in [1.82, 2.24) is 9.38 Å². The van der Waals surface area contributed by atoms with Gasteiger partial charge >= 0.3 is 0 Å². The lowest BCUT2D eigenvalue weighted by atomic mass is 10.1. The third-order valence-corrected chi connectivity index (χ3v) is 6.02. The highest BCUT2D eigenvalue weighted by molar-refractivity contribution is 9.10. The van der Waals surface area contributed by atoms with E-state index in [4.69, 9.17) is 21.3 Å². The average molecular weight is 451 g/mol. The monoisotopic (exact) mass is 449 g/mol. The van der Waals surface area contributed by atoms with Crippen molar-refractivity contribution in [2.45, 2.75) is 20.0 Å². The lowest BCUT2D eigenvalue weighted by Crippen LogP contribution is -2.19. The van der Waals surface area contributed by atoms with Crippen LogP contribution in [0.3, 0.4) is 0 Å². The Hall–Kier alpha value is -1.76. The molecular formula is C20H21BrClN3O2. The van der Waals surface area contributed by atoms with Crippen LogP contribution in [-0.2, 0) is 6.61 Å². The molecule has 1 N–H and O–H groups in total. The Labute approximate surface area is 171 Å². The Morgan fingerprint density at radius 3 is 2.81 bits per heavy atom. The van der Waals surface area contributed by atoms with Crippen molar-refractivity contribution in [3.63, 3.8) is 0 Å². The molecule has 1 saturated heterocycles. The van der Waals surface area contributed by atoms with E-state index in [9.17, 15) is 5.11 Å². The topological polar surface area (TPSA) is 50.0 Å². The number of aliphatic hydroxyl groups excluding tert-OH is 1. The van der Waals surface area contributed by atoms with E-state index in [2.05, 4.69) is 33.8 Å². The fourth-order valence-corrected chi connectivity index (χ4v) is 4.47. The summed E-state index contributed by atoms with van der Waals surface area (Å²) in [5.74, 6) is 1.25. The zero-order valence-electron chi connectivity index (χ0n) is 15.2. The molecule has 0 saturated carbocycles. The van der Waals surface area contributed by atoms with Crippen molar-refractivity contribution >= 4 is 38.9 Å².